The molecule has 0 aliphatic heterocycles. The number of unbranched alkanes of at least 4 members (excludes halogenated alkanes) is 3. The van der Waals surface area contributed by atoms with Crippen LogP contribution in [0.3, 0.4) is 0 Å². The van der Waals surface area contributed by atoms with E-state index in [0.29, 0.717) is 0 Å². The van der Waals surface area contributed by atoms with Gasteiger partial charge in [0.15, 0.2) is 0 Å². The summed E-state index contributed by atoms with van der Waals surface area (Å²) < 4.78 is 5.25. The van der Waals surface area contributed by atoms with Gasteiger partial charge in [0.1, 0.15) is 5.75 Å². The summed E-state index contributed by atoms with van der Waals surface area (Å²) in [5.74, 6) is 3.62. The van der Waals surface area contributed by atoms with Gasteiger partial charge in [-0.15, -0.1) is 12.3 Å². The van der Waals surface area contributed by atoms with E-state index < -0.39 is 0 Å². The van der Waals surface area contributed by atoms with E-state index >= 15 is 0 Å². The Balaban J connectivity index is 0.000000168. The van der Waals surface area contributed by atoms with Crippen LogP contribution in [-0.4, -0.2) is 6.61 Å². The Morgan fingerprint density at radius 3 is 2.31 bits per heavy atom. The van der Waals surface area contributed by atoms with E-state index in [1.54, 1.807) is 0 Å². The second kappa shape index (κ2) is 6.95. The molecule has 0 heterocycles. The quantitative estimate of drug-likeness (QED) is 0.536. The van der Waals surface area contributed by atoms with Gasteiger partial charge in [0.25, 0.3) is 0 Å². The maximum absolute atomic E-state index is 5.25. The molecule has 0 N–H and O–H groups in total. The molecule has 0 unspecified atom stereocenters. The SMILES string of the molecule is C#CCCCCC.CCOc1cc2cc-2c1. The van der Waals surface area contributed by atoms with Crippen LogP contribution in [0.25, 0.3) is 11.1 Å². The molecule has 86 valence electrons. The Labute approximate surface area is 98.8 Å². The first-order chi connectivity index (χ1) is 7.81. The Bertz CT molecular complexity index is 340. The molecule has 2 aliphatic carbocycles. The number of ether oxygens (including phenoxy) is 1. The lowest BCUT2D eigenvalue weighted by Crippen LogP contribution is -1.87. The van der Waals surface area contributed by atoms with Gasteiger partial charge in [0, 0.05) is 6.42 Å². The average molecular weight is 216 g/mol. The third-order valence-electron chi connectivity index (χ3n) is 2.39. The van der Waals surface area contributed by atoms with Crippen molar-refractivity contribution in [3.63, 3.8) is 0 Å². The first-order valence-electron chi connectivity index (χ1n) is 6.03. The molecule has 0 aromatic rings. The van der Waals surface area contributed by atoms with Gasteiger partial charge in [0.05, 0.1) is 6.61 Å². The maximum atomic E-state index is 5.25. The summed E-state index contributed by atoms with van der Waals surface area (Å²) in [7, 11) is 0. The van der Waals surface area contributed by atoms with Crippen LogP contribution in [0.1, 0.15) is 39.5 Å². The standard InChI is InChI=1S/C8H8O.C7H12/c1-2-9-8-4-6-3-7(6)5-8;1-3-5-7-6-4-2/h3-5H,2H2,1H3;1H,4-7H2,2H3. The van der Waals surface area contributed by atoms with Crippen LogP contribution in [-0.2, 0) is 0 Å². The highest BCUT2D eigenvalue weighted by Gasteiger charge is 2.13. The Morgan fingerprint density at radius 1 is 1.12 bits per heavy atom. The van der Waals surface area contributed by atoms with E-state index in [9.17, 15) is 0 Å². The number of benzene rings is 1. The van der Waals surface area contributed by atoms with Crippen LogP contribution in [0, 0.1) is 12.3 Å². The minimum Gasteiger partial charge on any atom is -0.494 e. The van der Waals surface area contributed by atoms with Crippen molar-refractivity contribution in [2.75, 3.05) is 6.61 Å². The summed E-state index contributed by atoms with van der Waals surface area (Å²) >= 11 is 0. The van der Waals surface area contributed by atoms with Crippen LogP contribution in [0.5, 0.6) is 5.75 Å². The first kappa shape index (κ1) is 12.6. The van der Waals surface area contributed by atoms with E-state index in [2.05, 4.69) is 31.0 Å². The van der Waals surface area contributed by atoms with Crippen LogP contribution in [0.15, 0.2) is 18.2 Å². The largest absolute Gasteiger partial charge is 0.494 e. The fourth-order valence-electron chi connectivity index (χ4n) is 1.46. The Morgan fingerprint density at radius 2 is 1.81 bits per heavy atom. The average Bonchev–Trinajstić information content (AvgIpc) is 2.89. The van der Waals surface area contributed by atoms with Crippen molar-refractivity contribution in [2.45, 2.75) is 39.5 Å². The van der Waals surface area contributed by atoms with E-state index in [0.717, 1.165) is 18.8 Å². The minimum atomic E-state index is 0.767. The van der Waals surface area contributed by atoms with Gasteiger partial charge < -0.3 is 4.74 Å². The maximum Gasteiger partial charge on any atom is 0.120 e. The molecule has 2 rings (SSSR count). The summed E-state index contributed by atoms with van der Waals surface area (Å²) in [6, 6.07) is 6.28. The number of fused-ring (bicyclic) bond motifs is 1. The molecule has 0 radical (unpaired) electrons. The number of terminal acetylenes is 1. The van der Waals surface area contributed by atoms with E-state index in [4.69, 9.17) is 11.2 Å². The predicted octanol–water partition coefficient (Wildman–Crippen LogP) is 4.27. The third kappa shape index (κ3) is 4.40. The Kier molecular flexibility index (Phi) is 5.50. The molecule has 0 bridgehead atoms. The van der Waals surface area contributed by atoms with Gasteiger partial charge in [-0.1, -0.05) is 19.8 Å². The molecule has 0 saturated heterocycles. The second-order valence-electron chi connectivity index (χ2n) is 3.84. The highest BCUT2D eigenvalue weighted by Crippen LogP contribution is 2.39. The molecule has 0 amide bonds. The van der Waals surface area contributed by atoms with Crippen molar-refractivity contribution in [3.8, 4) is 29.2 Å². The van der Waals surface area contributed by atoms with Crippen molar-refractivity contribution in [2.24, 2.45) is 0 Å². The molecule has 0 spiro atoms. The van der Waals surface area contributed by atoms with Crippen LogP contribution in [0.4, 0.5) is 0 Å². The summed E-state index contributed by atoms with van der Waals surface area (Å²) in [5.41, 5.74) is 2.69. The predicted molar refractivity (Wildman–Crippen MR) is 69.6 cm³/mol. The lowest BCUT2D eigenvalue weighted by atomic mass is 10.2. The van der Waals surface area contributed by atoms with E-state index in [-0.39, 0.29) is 0 Å². The van der Waals surface area contributed by atoms with Crippen molar-refractivity contribution < 1.29 is 4.74 Å². The molecule has 0 fully saturated rings. The summed E-state index contributed by atoms with van der Waals surface area (Å²) in [6.45, 7) is 4.94. The monoisotopic (exact) mass is 216 g/mol. The second-order valence-corrected chi connectivity index (χ2v) is 3.84. The lowest BCUT2D eigenvalue weighted by Gasteiger charge is -1.95. The van der Waals surface area contributed by atoms with Crippen molar-refractivity contribution in [1.29, 1.82) is 0 Å². The number of hydrogen-bond donors (Lipinski definition) is 0. The van der Waals surface area contributed by atoms with Crippen LogP contribution in [0.2, 0.25) is 0 Å². The smallest absolute Gasteiger partial charge is 0.120 e. The fraction of sp³-hybridized carbons (Fsp3) is 0.467. The molecule has 0 aromatic carbocycles. The number of hydrogen-bond acceptors (Lipinski definition) is 1. The zero-order valence-corrected chi connectivity index (χ0v) is 10.3. The minimum absolute atomic E-state index is 0.767. The molecule has 1 nitrogen and oxygen atoms in total. The first-order valence-corrected chi connectivity index (χ1v) is 6.03. The highest BCUT2D eigenvalue weighted by atomic mass is 16.5. The van der Waals surface area contributed by atoms with Gasteiger partial charge in [-0.2, -0.15) is 0 Å². The Hall–Kier alpha value is -1.42. The number of rotatable bonds is 5. The lowest BCUT2D eigenvalue weighted by molar-refractivity contribution is 0.341. The van der Waals surface area contributed by atoms with Crippen molar-refractivity contribution in [3.05, 3.63) is 18.2 Å². The molecule has 0 aromatic heterocycles. The van der Waals surface area contributed by atoms with Crippen molar-refractivity contribution >= 4 is 0 Å². The molecule has 16 heavy (non-hydrogen) atoms. The van der Waals surface area contributed by atoms with E-state index in [1.807, 2.05) is 6.92 Å². The molecule has 1 heteroatoms. The van der Waals surface area contributed by atoms with Gasteiger partial charge in [0.2, 0.25) is 0 Å². The fourth-order valence-corrected chi connectivity index (χ4v) is 1.46. The molecule has 0 saturated carbocycles. The normalized spacial score (nSPS) is 9.81. The summed E-state index contributed by atoms with van der Waals surface area (Å²) in [5, 5.41) is 0. The zero-order chi connectivity index (χ0) is 11.8. The van der Waals surface area contributed by atoms with Gasteiger partial charge in [-0.3, -0.25) is 0 Å². The highest BCUT2D eigenvalue weighted by molar-refractivity contribution is 5.83. The molecular formula is C15H20O. The van der Waals surface area contributed by atoms with E-state index in [1.165, 1.54) is 30.4 Å². The topological polar surface area (TPSA) is 9.23 Å². The molecule has 0 atom stereocenters. The molecule has 2 aliphatic rings. The van der Waals surface area contributed by atoms with Crippen LogP contribution >= 0.6 is 0 Å². The summed E-state index contributed by atoms with van der Waals surface area (Å²) in [6.07, 6.45) is 9.72. The summed E-state index contributed by atoms with van der Waals surface area (Å²) in [4.78, 5) is 0. The van der Waals surface area contributed by atoms with Gasteiger partial charge in [-0.25, -0.2) is 0 Å². The third-order valence-corrected chi connectivity index (χ3v) is 2.39. The van der Waals surface area contributed by atoms with Crippen molar-refractivity contribution in [1.82, 2.24) is 0 Å². The van der Waals surface area contributed by atoms with Gasteiger partial charge in [-0.05, 0) is 42.7 Å². The molecular weight excluding hydrogens is 196 g/mol. The van der Waals surface area contributed by atoms with Crippen LogP contribution < -0.4 is 4.74 Å². The van der Waals surface area contributed by atoms with Gasteiger partial charge >= 0.3 is 0 Å². The zero-order valence-electron chi connectivity index (χ0n) is 10.3.